The fourth-order valence-electron chi connectivity index (χ4n) is 2.13. The van der Waals surface area contributed by atoms with Crippen molar-refractivity contribution >= 4 is 10.0 Å². The molecule has 1 aromatic rings. The van der Waals surface area contributed by atoms with Gasteiger partial charge in [-0.1, -0.05) is 36.2 Å². The lowest BCUT2D eigenvalue weighted by atomic mass is 10.2. The fraction of sp³-hybridized carbons (Fsp3) is 0.538. The van der Waals surface area contributed by atoms with E-state index >= 15 is 0 Å². The Morgan fingerprint density at radius 2 is 1.65 bits per heavy atom. The first-order chi connectivity index (χ1) is 8.08. The summed E-state index contributed by atoms with van der Waals surface area (Å²) in [5.74, 6) is 0.132. The van der Waals surface area contributed by atoms with E-state index in [1.807, 2.05) is 31.2 Å². The molecular formula is C13H19NO2S. The Morgan fingerprint density at radius 3 is 2.24 bits per heavy atom. The number of hydrogen-bond donors (Lipinski definition) is 0. The van der Waals surface area contributed by atoms with Gasteiger partial charge in [-0.3, -0.25) is 0 Å². The van der Waals surface area contributed by atoms with E-state index < -0.39 is 10.0 Å². The van der Waals surface area contributed by atoms with E-state index in [9.17, 15) is 8.42 Å². The maximum atomic E-state index is 12.2. The highest BCUT2D eigenvalue weighted by Crippen LogP contribution is 2.17. The lowest BCUT2D eigenvalue weighted by Crippen LogP contribution is -2.36. The van der Waals surface area contributed by atoms with Gasteiger partial charge in [-0.2, -0.15) is 0 Å². The summed E-state index contributed by atoms with van der Waals surface area (Å²) in [6.07, 6.45) is 3.14. The molecule has 0 radical (unpaired) electrons. The van der Waals surface area contributed by atoms with Crippen LogP contribution in [0.5, 0.6) is 0 Å². The summed E-state index contributed by atoms with van der Waals surface area (Å²) in [5.41, 5.74) is 2.03. The molecular weight excluding hydrogens is 234 g/mol. The predicted molar refractivity (Wildman–Crippen MR) is 69.2 cm³/mol. The van der Waals surface area contributed by atoms with Gasteiger partial charge in [0.25, 0.3) is 0 Å². The second-order valence-corrected chi connectivity index (χ2v) is 6.67. The zero-order chi connectivity index (χ0) is 12.3. The Balaban J connectivity index is 2.08. The van der Waals surface area contributed by atoms with E-state index in [2.05, 4.69) is 0 Å². The predicted octanol–water partition coefficient (Wildman–Crippen LogP) is 2.31. The standard InChI is InChI=1S/C13H19NO2S/c1-12-5-7-13(8-6-12)11-17(15,16)14-9-3-2-4-10-14/h5-8H,2-4,9-11H2,1H3. The largest absolute Gasteiger partial charge is 0.218 e. The van der Waals surface area contributed by atoms with Crippen molar-refractivity contribution in [2.45, 2.75) is 31.9 Å². The first-order valence-electron chi connectivity index (χ1n) is 6.11. The lowest BCUT2D eigenvalue weighted by Gasteiger charge is -2.25. The van der Waals surface area contributed by atoms with Crippen LogP contribution >= 0.6 is 0 Å². The van der Waals surface area contributed by atoms with E-state index in [-0.39, 0.29) is 5.75 Å². The van der Waals surface area contributed by atoms with Crippen molar-refractivity contribution in [1.82, 2.24) is 4.31 Å². The average molecular weight is 253 g/mol. The Hall–Kier alpha value is -0.870. The summed E-state index contributed by atoms with van der Waals surface area (Å²) in [4.78, 5) is 0. The summed E-state index contributed by atoms with van der Waals surface area (Å²) in [6, 6.07) is 7.72. The van der Waals surface area contributed by atoms with Crippen molar-refractivity contribution in [1.29, 1.82) is 0 Å². The topological polar surface area (TPSA) is 37.4 Å². The van der Waals surface area contributed by atoms with Crippen molar-refractivity contribution in [2.24, 2.45) is 0 Å². The SMILES string of the molecule is Cc1ccc(CS(=O)(=O)N2CCCCC2)cc1. The zero-order valence-corrected chi connectivity index (χ0v) is 11.0. The lowest BCUT2D eigenvalue weighted by molar-refractivity contribution is 0.346. The summed E-state index contributed by atoms with van der Waals surface area (Å²) < 4.78 is 26.0. The van der Waals surface area contributed by atoms with Gasteiger partial charge in [0.15, 0.2) is 0 Å². The van der Waals surface area contributed by atoms with Crippen LogP contribution in [0.25, 0.3) is 0 Å². The quantitative estimate of drug-likeness (QED) is 0.829. The van der Waals surface area contributed by atoms with E-state index in [0.29, 0.717) is 13.1 Å². The number of sulfonamides is 1. The van der Waals surface area contributed by atoms with Crippen LogP contribution < -0.4 is 0 Å². The molecule has 0 saturated carbocycles. The van der Waals surface area contributed by atoms with E-state index in [1.54, 1.807) is 4.31 Å². The van der Waals surface area contributed by atoms with Crippen molar-refractivity contribution < 1.29 is 8.42 Å². The van der Waals surface area contributed by atoms with E-state index in [4.69, 9.17) is 0 Å². The molecule has 17 heavy (non-hydrogen) atoms. The van der Waals surface area contributed by atoms with Gasteiger partial charge in [0.2, 0.25) is 10.0 Å². The molecule has 4 heteroatoms. The first kappa shape index (κ1) is 12.6. The molecule has 0 amide bonds. The van der Waals surface area contributed by atoms with Crippen LogP contribution in [-0.4, -0.2) is 25.8 Å². The van der Waals surface area contributed by atoms with Crippen LogP contribution in [0.3, 0.4) is 0 Å². The molecule has 1 aliphatic rings. The second-order valence-electron chi connectivity index (χ2n) is 4.70. The molecule has 1 aromatic carbocycles. The third-order valence-corrected chi connectivity index (χ3v) is 5.03. The molecule has 3 nitrogen and oxygen atoms in total. The van der Waals surface area contributed by atoms with Crippen LogP contribution in [0.15, 0.2) is 24.3 Å². The summed E-state index contributed by atoms with van der Waals surface area (Å²) in [7, 11) is -3.12. The third-order valence-electron chi connectivity index (χ3n) is 3.18. The number of benzene rings is 1. The van der Waals surface area contributed by atoms with Crippen molar-refractivity contribution in [3.8, 4) is 0 Å². The molecule has 0 spiro atoms. The van der Waals surface area contributed by atoms with Gasteiger partial charge >= 0.3 is 0 Å². The monoisotopic (exact) mass is 253 g/mol. The van der Waals surface area contributed by atoms with Gasteiger partial charge in [0, 0.05) is 13.1 Å². The Labute approximate surface area is 104 Å². The molecule has 0 N–H and O–H groups in total. The summed E-state index contributed by atoms with van der Waals surface area (Å²) >= 11 is 0. The smallest absolute Gasteiger partial charge is 0.212 e. The maximum absolute atomic E-state index is 12.2. The van der Waals surface area contributed by atoms with Crippen LogP contribution in [0, 0.1) is 6.92 Å². The first-order valence-corrected chi connectivity index (χ1v) is 7.72. The summed E-state index contributed by atoms with van der Waals surface area (Å²) in [6.45, 7) is 3.38. The molecule has 0 bridgehead atoms. The molecule has 1 aliphatic heterocycles. The van der Waals surface area contributed by atoms with Crippen molar-refractivity contribution in [3.63, 3.8) is 0 Å². The van der Waals surface area contributed by atoms with Gasteiger partial charge in [0.1, 0.15) is 0 Å². The Bertz CT molecular complexity index is 459. The highest BCUT2D eigenvalue weighted by Gasteiger charge is 2.23. The Kier molecular flexibility index (Phi) is 3.84. The molecule has 0 aliphatic carbocycles. The van der Waals surface area contributed by atoms with E-state index in [0.717, 1.165) is 30.4 Å². The number of aryl methyl sites for hydroxylation is 1. The maximum Gasteiger partial charge on any atom is 0.218 e. The highest BCUT2D eigenvalue weighted by molar-refractivity contribution is 7.88. The molecule has 94 valence electrons. The van der Waals surface area contributed by atoms with Gasteiger partial charge in [-0.15, -0.1) is 0 Å². The van der Waals surface area contributed by atoms with Crippen LogP contribution in [0.1, 0.15) is 30.4 Å². The van der Waals surface area contributed by atoms with Crippen LogP contribution in [-0.2, 0) is 15.8 Å². The minimum Gasteiger partial charge on any atom is -0.212 e. The third kappa shape index (κ3) is 3.30. The van der Waals surface area contributed by atoms with Gasteiger partial charge in [-0.25, -0.2) is 12.7 Å². The molecule has 2 rings (SSSR count). The molecule has 1 fully saturated rings. The minimum absolute atomic E-state index is 0.132. The summed E-state index contributed by atoms with van der Waals surface area (Å²) in [5, 5.41) is 0. The van der Waals surface area contributed by atoms with Crippen LogP contribution in [0.4, 0.5) is 0 Å². The van der Waals surface area contributed by atoms with Gasteiger partial charge in [0.05, 0.1) is 5.75 Å². The Morgan fingerprint density at radius 1 is 1.06 bits per heavy atom. The number of piperidine rings is 1. The average Bonchev–Trinajstić information content (AvgIpc) is 2.33. The highest BCUT2D eigenvalue weighted by atomic mass is 32.2. The number of nitrogens with zero attached hydrogens (tertiary/aromatic N) is 1. The van der Waals surface area contributed by atoms with Gasteiger partial charge in [-0.05, 0) is 25.3 Å². The van der Waals surface area contributed by atoms with E-state index in [1.165, 1.54) is 0 Å². The number of rotatable bonds is 3. The van der Waals surface area contributed by atoms with Crippen molar-refractivity contribution in [3.05, 3.63) is 35.4 Å². The van der Waals surface area contributed by atoms with Gasteiger partial charge < -0.3 is 0 Å². The molecule has 1 heterocycles. The normalized spacial score (nSPS) is 18.2. The molecule has 0 aromatic heterocycles. The second kappa shape index (κ2) is 5.19. The van der Waals surface area contributed by atoms with Crippen LogP contribution in [0.2, 0.25) is 0 Å². The zero-order valence-electron chi connectivity index (χ0n) is 10.2. The van der Waals surface area contributed by atoms with Crippen molar-refractivity contribution in [2.75, 3.05) is 13.1 Å². The molecule has 0 unspecified atom stereocenters. The minimum atomic E-state index is -3.12. The number of hydrogen-bond acceptors (Lipinski definition) is 2. The molecule has 0 atom stereocenters. The fourth-order valence-corrected chi connectivity index (χ4v) is 3.74. The molecule has 1 saturated heterocycles.